The van der Waals surface area contributed by atoms with Crippen LogP contribution < -0.4 is 5.32 Å². The largest absolute Gasteiger partial charge is 0.450 e. The van der Waals surface area contributed by atoms with Gasteiger partial charge in [0, 0.05) is 6.54 Å². The SMILES string of the molecule is CCOC(=O)NCC(C)CC(C)C. The van der Waals surface area contributed by atoms with Gasteiger partial charge in [-0.2, -0.15) is 0 Å². The number of ether oxygens (including phenoxy) is 1. The molecule has 0 spiro atoms. The molecule has 0 fully saturated rings. The molecule has 0 rings (SSSR count). The van der Waals surface area contributed by atoms with Crippen LogP contribution in [-0.4, -0.2) is 19.2 Å². The fourth-order valence-corrected chi connectivity index (χ4v) is 1.33. The molecule has 3 heteroatoms. The van der Waals surface area contributed by atoms with Crippen molar-refractivity contribution in [1.82, 2.24) is 5.32 Å². The molecule has 1 unspecified atom stereocenters. The average Bonchev–Trinajstić information content (AvgIpc) is 2.00. The van der Waals surface area contributed by atoms with Crippen LogP contribution in [0, 0.1) is 11.8 Å². The Bertz CT molecular complexity index is 146. The average molecular weight is 187 g/mol. The molecule has 0 bridgehead atoms. The van der Waals surface area contributed by atoms with Gasteiger partial charge in [0.2, 0.25) is 0 Å². The van der Waals surface area contributed by atoms with E-state index in [2.05, 4.69) is 26.1 Å². The van der Waals surface area contributed by atoms with E-state index in [-0.39, 0.29) is 6.09 Å². The van der Waals surface area contributed by atoms with Crippen molar-refractivity contribution in [3.05, 3.63) is 0 Å². The van der Waals surface area contributed by atoms with Gasteiger partial charge in [-0.1, -0.05) is 20.8 Å². The van der Waals surface area contributed by atoms with Gasteiger partial charge < -0.3 is 10.1 Å². The predicted molar refractivity (Wildman–Crippen MR) is 53.6 cm³/mol. The zero-order valence-electron chi connectivity index (χ0n) is 9.09. The summed E-state index contributed by atoms with van der Waals surface area (Å²) in [5.74, 6) is 1.20. The van der Waals surface area contributed by atoms with Crippen molar-refractivity contribution in [3.8, 4) is 0 Å². The third-order valence-corrected chi connectivity index (χ3v) is 1.74. The lowest BCUT2D eigenvalue weighted by Gasteiger charge is -2.14. The molecule has 0 heterocycles. The molecule has 0 aliphatic rings. The van der Waals surface area contributed by atoms with E-state index in [1.54, 1.807) is 6.92 Å². The summed E-state index contributed by atoms with van der Waals surface area (Å²) in [6, 6.07) is 0. The summed E-state index contributed by atoms with van der Waals surface area (Å²) < 4.78 is 4.75. The molecule has 0 aliphatic heterocycles. The van der Waals surface area contributed by atoms with Crippen molar-refractivity contribution in [2.45, 2.75) is 34.1 Å². The van der Waals surface area contributed by atoms with E-state index in [1.165, 1.54) is 0 Å². The molecule has 1 amide bonds. The summed E-state index contributed by atoms with van der Waals surface area (Å²) in [5.41, 5.74) is 0. The van der Waals surface area contributed by atoms with E-state index in [1.807, 2.05) is 0 Å². The molecule has 0 aromatic heterocycles. The first kappa shape index (κ1) is 12.3. The molecule has 1 N–H and O–H groups in total. The highest BCUT2D eigenvalue weighted by Gasteiger charge is 2.07. The van der Waals surface area contributed by atoms with Gasteiger partial charge in [0.25, 0.3) is 0 Å². The lowest BCUT2D eigenvalue weighted by Crippen LogP contribution is -2.29. The van der Waals surface area contributed by atoms with Gasteiger partial charge in [-0.15, -0.1) is 0 Å². The van der Waals surface area contributed by atoms with E-state index in [4.69, 9.17) is 4.74 Å². The van der Waals surface area contributed by atoms with Gasteiger partial charge in [-0.3, -0.25) is 0 Å². The molecule has 78 valence electrons. The fraction of sp³-hybridized carbons (Fsp3) is 0.900. The number of nitrogens with one attached hydrogen (secondary N) is 1. The second kappa shape index (κ2) is 6.75. The number of carbonyl (C=O) groups is 1. The zero-order chi connectivity index (χ0) is 10.3. The van der Waals surface area contributed by atoms with E-state index in [0.29, 0.717) is 25.0 Å². The molecule has 0 aliphatic carbocycles. The summed E-state index contributed by atoms with van der Waals surface area (Å²) in [7, 11) is 0. The quantitative estimate of drug-likeness (QED) is 0.717. The lowest BCUT2D eigenvalue weighted by atomic mass is 9.99. The topological polar surface area (TPSA) is 38.3 Å². The Labute approximate surface area is 80.8 Å². The predicted octanol–water partition coefficient (Wildman–Crippen LogP) is 2.41. The van der Waals surface area contributed by atoms with Gasteiger partial charge in [-0.05, 0) is 25.2 Å². The molecule has 13 heavy (non-hydrogen) atoms. The van der Waals surface area contributed by atoms with Crippen molar-refractivity contribution >= 4 is 6.09 Å². The maximum Gasteiger partial charge on any atom is 0.407 e. The highest BCUT2D eigenvalue weighted by atomic mass is 16.5. The summed E-state index contributed by atoms with van der Waals surface area (Å²) in [6.07, 6.45) is 0.824. The van der Waals surface area contributed by atoms with E-state index in [0.717, 1.165) is 6.42 Å². The van der Waals surface area contributed by atoms with Gasteiger partial charge in [-0.25, -0.2) is 4.79 Å². The smallest absolute Gasteiger partial charge is 0.407 e. The second-order valence-corrected chi connectivity index (χ2v) is 3.84. The second-order valence-electron chi connectivity index (χ2n) is 3.84. The highest BCUT2D eigenvalue weighted by molar-refractivity contribution is 5.66. The van der Waals surface area contributed by atoms with Crippen LogP contribution in [0.15, 0.2) is 0 Å². The van der Waals surface area contributed by atoms with Crippen LogP contribution in [0.5, 0.6) is 0 Å². The van der Waals surface area contributed by atoms with E-state index < -0.39 is 0 Å². The van der Waals surface area contributed by atoms with Crippen molar-refractivity contribution in [1.29, 1.82) is 0 Å². The monoisotopic (exact) mass is 187 g/mol. The molecular weight excluding hydrogens is 166 g/mol. The summed E-state index contributed by atoms with van der Waals surface area (Å²) in [6.45, 7) is 9.44. The summed E-state index contributed by atoms with van der Waals surface area (Å²) in [4.78, 5) is 10.9. The van der Waals surface area contributed by atoms with Gasteiger partial charge in [0.15, 0.2) is 0 Å². The van der Waals surface area contributed by atoms with Crippen LogP contribution in [0.25, 0.3) is 0 Å². The molecular formula is C10H21NO2. The lowest BCUT2D eigenvalue weighted by molar-refractivity contribution is 0.150. The highest BCUT2D eigenvalue weighted by Crippen LogP contribution is 2.09. The first-order chi connectivity index (χ1) is 6.06. The molecule has 0 saturated carbocycles. The van der Waals surface area contributed by atoms with Crippen molar-refractivity contribution < 1.29 is 9.53 Å². The molecule has 3 nitrogen and oxygen atoms in total. The maximum absolute atomic E-state index is 10.9. The minimum Gasteiger partial charge on any atom is -0.450 e. The van der Waals surface area contributed by atoms with Crippen LogP contribution in [0.1, 0.15) is 34.1 Å². The zero-order valence-corrected chi connectivity index (χ0v) is 9.09. The Morgan fingerprint density at radius 2 is 2.00 bits per heavy atom. The minimum atomic E-state index is -0.307. The van der Waals surface area contributed by atoms with Crippen molar-refractivity contribution in [2.75, 3.05) is 13.2 Å². The standard InChI is InChI=1S/C10H21NO2/c1-5-13-10(12)11-7-9(4)6-8(2)3/h8-9H,5-7H2,1-4H3,(H,11,12). The number of rotatable bonds is 5. The molecule has 1 atom stereocenters. The molecule has 0 saturated heterocycles. The van der Waals surface area contributed by atoms with Crippen LogP contribution in [0.2, 0.25) is 0 Å². The van der Waals surface area contributed by atoms with Crippen LogP contribution in [0.3, 0.4) is 0 Å². The maximum atomic E-state index is 10.9. The normalized spacial score (nSPS) is 12.7. The molecule has 0 radical (unpaired) electrons. The molecule has 0 aromatic carbocycles. The Morgan fingerprint density at radius 3 is 2.46 bits per heavy atom. The van der Waals surface area contributed by atoms with E-state index in [9.17, 15) is 4.79 Å². The van der Waals surface area contributed by atoms with E-state index >= 15 is 0 Å². The van der Waals surface area contributed by atoms with Gasteiger partial charge in [0.05, 0.1) is 6.61 Å². The number of alkyl carbamates (subject to hydrolysis) is 1. The van der Waals surface area contributed by atoms with Crippen LogP contribution >= 0.6 is 0 Å². The van der Waals surface area contributed by atoms with Gasteiger partial charge >= 0.3 is 6.09 Å². The minimum absolute atomic E-state index is 0.307. The third kappa shape index (κ3) is 7.62. The van der Waals surface area contributed by atoms with Crippen molar-refractivity contribution in [2.24, 2.45) is 11.8 Å². The first-order valence-corrected chi connectivity index (χ1v) is 4.96. The Kier molecular flexibility index (Phi) is 6.37. The summed E-state index contributed by atoms with van der Waals surface area (Å²) >= 11 is 0. The number of hydrogen-bond donors (Lipinski definition) is 1. The van der Waals surface area contributed by atoms with Crippen LogP contribution in [-0.2, 0) is 4.74 Å². The fourth-order valence-electron chi connectivity index (χ4n) is 1.33. The number of carbonyl (C=O) groups excluding carboxylic acids is 1. The Balaban J connectivity index is 3.45. The Hall–Kier alpha value is -0.730. The summed E-state index contributed by atoms with van der Waals surface area (Å²) in [5, 5.41) is 2.73. The van der Waals surface area contributed by atoms with Crippen molar-refractivity contribution in [3.63, 3.8) is 0 Å². The Morgan fingerprint density at radius 1 is 1.38 bits per heavy atom. The van der Waals surface area contributed by atoms with Crippen LogP contribution in [0.4, 0.5) is 4.79 Å². The first-order valence-electron chi connectivity index (χ1n) is 4.96. The number of amides is 1. The number of hydrogen-bond acceptors (Lipinski definition) is 2. The third-order valence-electron chi connectivity index (χ3n) is 1.74. The van der Waals surface area contributed by atoms with Gasteiger partial charge in [0.1, 0.15) is 0 Å². The molecule has 0 aromatic rings.